The Morgan fingerprint density at radius 2 is 1.72 bits per heavy atom. The number of aryl methyl sites for hydroxylation is 1. The molecule has 3 aliphatic rings. The summed E-state index contributed by atoms with van der Waals surface area (Å²) in [5, 5.41) is 8.26. The van der Waals surface area contributed by atoms with E-state index in [0.29, 0.717) is 24.1 Å². The number of piperidine rings is 3. The third-order valence-corrected chi connectivity index (χ3v) is 8.57. The van der Waals surface area contributed by atoms with E-state index < -0.39 is 0 Å². The van der Waals surface area contributed by atoms with Crippen molar-refractivity contribution >= 4 is 39.9 Å². The molecule has 3 N–H and O–H groups in total. The highest BCUT2D eigenvalue weighted by molar-refractivity contribution is 6.03. The van der Waals surface area contributed by atoms with Gasteiger partial charge < -0.3 is 15.5 Å². The fourth-order valence-corrected chi connectivity index (χ4v) is 6.36. The molecule has 3 saturated heterocycles. The van der Waals surface area contributed by atoms with Crippen molar-refractivity contribution in [3.63, 3.8) is 0 Å². The third kappa shape index (κ3) is 3.96. The topological polar surface area (TPSA) is 109 Å². The maximum absolute atomic E-state index is 12.5. The molecule has 0 aliphatic carbocycles. The summed E-state index contributed by atoms with van der Waals surface area (Å²) in [7, 11) is 1.95. The van der Waals surface area contributed by atoms with Gasteiger partial charge >= 0.3 is 0 Å². The number of pyridine rings is 1. The minimum absolute atomic E-state index is 0.199. The summed E-state index contributed by atoms with van der Waals surface area (Å²) in [5.74, 6) is -0.256. The molecule has 1 atom stereocenters. The molecule has 0 bridgehead atoms. The predicted molar refractivity (Wildman–Crippen MR) is 140 cm³/mol. The van der Waals surface area contributed by atoms with Crippen LogP contribution in [0.15, 0.2) is 36.5 Å². The number of carbonyl (C=O) groups is 2. The second-order valence-electron chi connectivity index (χ2n) is 10.6. The first kappa shape index (κ1) is 22.8. The van der Waals surface area contributed by atoms with Gasteiger partial charge in [0.15, 0.2) is 0 Å². The largest absolute Gasteiger partial charge is 0.384 e. The number of hydrogen-bond acceptors (Lipinski definition) is 7. The Hall–Kier alpha value is -3.62. The average molecular weight is 488 g/mol. The van der Waals surface area contributed by atoms with Gasteiger partial charge in [0.1, 0.15) is 5.82 Å². The number of nitrogens with two attached hydrogens (primary N) is 1. The van der Waals surface area contributed by atoms with Crippen molar-refractivity contribution in [3.05, 3.63) is 42.2 Å². The highest BCUT2D eigenvalue weighted by Gasteiger charge is 2.38. The Kier molecular flexibility index (Phi) is 5.58. The van der Waals surface area contributed by atoms with Crippen LogP contribution in [0.3, 0.4) is 0 Å². The SMILES string of the molecule is Cn1nc(C2CCC(=O)NC2=O)c2cccc(N3CCC4(CCN(c5ccc(N)nc5)CC4)CC3)c21. The van der Waals surface area contributed by atoms with Crippen LogP contribution in [-0.2, 0) is 16.6 Å². The molecule has 2 amide bonds. The molecule has 3 fully saturated rings. The first-order valence-corrected chi connectivity index (χ1v) is 12.9. The highest BCUT2D eigenvalue weighted by atomic mass is 16.2. The van der Waals surface area contributed by atoms with Crippen molar-refractivity contribution in [1.82, 2.24) is 20.1 Å². The molecule has 2 aromatic heterocycles. The van der Waals surface area contributed by atoms with Crippen molar-refractivity contribution in [2.24, 2.45) is 12.5 Å². The number of fused-ring (bicyclic) bond motifs is 1. The molecule has 188 valence electrons. The summed E-state index contributed by atoms with van der Waals surface area (Å²) in [6.07, 6.45) is 7.49. The molecule has 36 heavy (non-hydrogen) atoms. The molecule has 6 rings (SSSR count). The van der Waals surface area contributed by atoms with E-state index in [1.165, 1.54) is 31.4 Å². The van der Waals surface area contributed by atoms with Crippen LogP contribution in [-0.4, -0.2) is 52.8 Å². The average Bonchev–Trinajstić information content (AvgIpc) is 3.22. The third-order valence-electron chi connectivity index (χ3n) is 8.57. The number of rotatable bonds is 3. The summed E-state index contributed by atoms with van der Waals surface area (Å²) in [6, 6.07) is 10.2. The van der Waals surface area contributed by atoms with E-state index in [4.69, 9.17) is 10.8 Å². The van der Waals surface area contributed by atoms with E-state index in [2.05, 4.69) is 44.4 Å². The lowest BCUT2D eigenvalue weighted by atomic mass is 9.71. The summed E-state index contributed by atoms with van der Waals surface area (Å²) >= 11 is 0. The van der Waals surface area contributed by atoms with Crippen LogP contribution < -0.4 is 20.9 Å². The fraction of sp³-hybridized carbons (Fsp3) is 0.481. The maximum atomic E-state index is 12.5. The van der Waals surface area contributed by atoms with Crippen LogP contribution in [0, 0.1) is 5.41 Å². The minimum atomic E-state index is -0.382. The Morgan fingerprint density at radius 3 is 2.39 bits per heavy atom. The zero-order chi connectivity index (χ0) is 24.9. The summed E-state index contributed by atoms with van der Waals surface area (Å²) < 4.78 is 1.91. The number of benzene rings is 1. The van der Waals surface area contributed by atoms with E-state index in [1.807, 2.05) is 24.0 Å². The lowest BCUT2D eigenvalue weighted by Gasteiger charge is -2.48. The van der Waals surface area contributed by atoms with Gasteiger partial charge in [-0.1, -0.05) is 12.1 Å². The minimum Gasteiger partial charge on any atom is -0.384 e. The number of amides is 2. The smallest absolute Gasteiger partial charge is 0.235 e. The summed E-state index contributed by atoms with van der Waals surface area (Å²) in [4.78, 5) is 33.3. The van der Waals surface area contributed by atoms with Crippen LogP contribution in [0.4, 0.5) is 17.2 Å². The van der Waals surface area contributed by atoms with Gasteiger partial charge in [-0.25, -0.2) is 4.98 Å². The Morgan fingerprint density at radius 1 is 1.00 bits per heavy atom. The van der Waals surface area contributed by atoms with E-state index in [9.17, 15) is 9.59 Å². The Balaban J connectivity index is 1.17. The number of anilines is 3. The van der Waals surface area contributed by atoms with Crippen molar-refractivity contribution in [2.75, 3.05) is 41.7 Å². The molecule has 1 spiro atoms. The zero-order valence-electron chi connectivity index (χ0n) is 20.7. The Labute approximate surface area is 210 Å². The number of carbonyl (C=O) groups excluding carboxylic acids is 2. The van der Waals surface area contributed by atoms with Crippen LogP contribution in [0.2, 0.25) is 0 Å². The predicted octanol–water partition coefficient (Wildman–Crippen LogP) is 2.96. The van der Waals surface area contributed by atoms with Crippen molar-refractivity contribution in [2.45, 2.75) is 44.4 Å². The number of imide groups is 1. The second-order valence-corrected chi connectivity index (χ2v) is 10.6. The van der Waals surface area contributed by atoms with Crippen molar-refractivity contribution < 1.29 is 9.59 Å². The lowest BCUT2D eigenvalue weighted by Crippen LogP contribution is -2.47. The standard InChI is InChI=1S/C27H33N7O2/c1-32-25-19(24(31-32)20-6-8-23(35)30-26(20)36)3-2-4-21(25)34-15-11-27(12-16-34)9-13-33(14-10-27)18-5-7-22(28)29-17-18/h2-5,7,17,20H,6,8-16H2,1H3,(H2,28,29)(H,30,35,36). The van der Waals surface area contributed by atoms with Gasteiger partial charge in [0, 0.05) is 45.0 Å². The fourth-order valence-electron chi connectivity index (χ4n) is 6.36. The molecular weight excluding hydrogens is 454 g/mol. The van der Waals surface area contributed by atoms with E-state index in [-0.39, 0.29) is 17.7 Å². The molecular formula is C27H33N7O2. The molecule has 0 saturated carbocycles. The molecule has 1 unspecified atom stereocenters. The number of nitrogens with one attached hydrogen (secondary N) is 1. The van der Waals surface area contributed by atoms with Crippen LogP contribution >= 0.6 is 0 Å². The quantitative estimate of drug-likeness (QED) is 0.547. The van der Waals surface area contributed by atoms with Gasteiger partial charge in [0.25, 0.3) is 0 Å². The van der Waals surface area contributed by atoms with Gasteiger partial charge in [-0.05, 0) is 55.7 Å². The first-order valence-electron chi connectivity index (χ1n) is 12.9. The molecule has 3 aromatic rings. The lowest BCUT2D eigenvalue weighted by molar-refractivity contribution is -0.134. The maximum Gasteiger partial charge on any atom is 0.235 e. The highest BCUT2D eigenvalue weighted by Crippen LogP contribution is 2.44. The molecule has 5 heterocycles. The second kappa shape index (κ2) is 8.80. The van der Waals surface area contributed by atoms with E-state index >= 15 is 0 Å². The van der Waals surface area contributed by atoms with E-state index in [0.717, 1.165) is 48.5 Å². The van der Waals surface area contributed by atoms with Crippen molar-refractivity contribution in [1.29, 1.82) is 0 Å². The molecule has 9 heteroatoms. The van der Waals surface area contributed by atoms with Crippen molar-refractivity contribution in [3.8, 4) is 0 Å². The molecule has 1 aromatic carbocycles. The van der Waals surface area contributed by atoms with E-state index in [1.54, 1.807) is 0 Å². The Bertz CT molecular complexity index is 1300. The summed E-state index contributed by atoms with van der Waals surface area (Å²) in [5.41, 5.74) is 10.3. The van der Waals surface area contributed by atoms with Gasteiger partial charge in [0.05, 0.1) is 34.7 Å². The molecule has 9 nitrogen and oxygen atoms in total. The van der Waals surface area contributed by atoms with Gasteiger partial charge in [-0.15, -0.1) is 0 Å². The molecule has 0 radical (unpaired) electrons. The number of nitrogens with zero attached hydrogens (tertiary/aromatic N) is 5. The van der Waals surface area contributed by atoms with Crippen LogP contribution in [0.1, 0.15) is 50.1 Å². The number of hydrogen-bond donors (Lipinski definition) is 2. The summed E-state index contributed by atoms with van der Waals surface area (Å²) in [6.45, 7) is 4.14. The molecule has 3 aliphatic heterocycles. The zero-order valence-corrected chi connectivity index (χ0v) is 20.7. The number of aromatic nitrogens is 3. The number of nitrogen functional groups attached to an aromatic ring is 1. The van der Waals surface area contributed by atoms with Gasteiger partial charge in [0.2, 0.25) is 11.8 Å². The first-order chi connectivity index (χ1) is 17.4. The normalized spacial score (nSPS) is 22.3. The van der Waals surface area contributed by atoms with Gasteiger partial charge in [-0.2, -0.15) is 5.10 Å². The van der Waals surface area contributed by atoms with Crippen LogP contribution in [0.5, 0.6) is 0 Å². The monoisotopic (exact) mass is 487 g/mol. The van der Waals surface area contributed by atoms with Gasteiger partial charge in [-0.3, -0.25) is 19.6 Å². The number of para-hydroxylation sites is 1. The van der Waals surface area contributed by atoms with Crippen LogP contribution in [0.25, 0.3) is 10.9 Å².